The number of benzene rings is 1. The van der Waals surface area contributed by atoms with Crippen molar-refractivity contribution in [1.29, 1.82) is 0 Å². The molecule has 1 heterocycles. The summed E-state index contributed by atoms with van der Waals surface area (Å²) in [6.07, 6.45) is 0. The maximum atomic E-state index is 10.6. The largest absolute Gasteiger partial charge is 0.357 e. The van der Waals surface area contributed by atoms with Gasteiger partial charge in [0.05, 0.1) is 10.4 Å². The summed E-state index contributed by atoms with van der Waals surface area (Å²) in [6.45, 7) is 0. The average molecular weight is 231 g/mol. The van der Waals surface area contributed by atoms with Gasteiger partial charge in [-0.25, -0.2) is 0 Å². The molecular formula is C6H5N3O3S2. The Bertz CT molecular complexity index is 562. The van der Waals surface area contributed by atoms with E-state index in [9.17, 15) is 8.42 Å². The van der Waals surface area contributed by atoms with Gasteiger partial charge >= 0.3 is 10.3 Å². The number of hydrogen-bond donors (Lipinski definition) is 2. The fourth-order valence-corrected chi connectivity index (χ4v) is 2.06. The van der Waals surface area contributed by atoms with E-state index >= 15 is 0 Å². The Balaban J connectivity index is 2.57. The second-order valence-corrected chi connectivity index (χ2v) is 4.44. The van der Waals surface area contributed by atoms with Crippen LogP contribution in [0, 0.1) is 0 Å². The molecule has 2 rings (SSSR count). The summed E-state index contributed by atoms with van der Waals surface area (Å²) in [5.41, 5.74) is 0.647. The van der Waals surface area contributed by atoms with Gasteiger partial charge in [0.2, 0.25) is 0 Å². The Morgan fingerprint density at radius 3 is 2.93 bits per heavy atom. The molecule has 1 aromatic carbocycles. The molecule has 0 saturated heterocycles. The molecule has 8 heteroatoms. The molecule has 0 radical (unpaired) electrons. The van der Waals surface area contributed by atoms with Crippen molar-refractivity contribution in [1.82, 2.24) is 9.59 Å². The van der Waals surface area contributed by atoms with Crippen LogP contribution in [0.15, 0.2) is 18.2 Å². The van der Waals surface area contributed by atoms with E-state index < -0.39 is 10.3 Å². The first-order valence-corrected chi connectivity index (χ1v) is 5.74. The second-order valence-electron chi connectivity index (χ2n) is 2.50. The first kappa shape index (κ1) is 9.31. The highest BCUT2D eigenvalue weighted by molar-refractivity contribution is 7.87. The first-order chi connectivity index (χ1) is 6.56. The van der Waals surface area contributed by atoms with Gasteiger partial charge in [0, 0.05) is 0 Å². The Morgan fingerprint density at radius 2 is 2.21 bits per heavy atom. The molecule has 6 nitrogen and oxygen atoms in total. The second kappa shape index (κ2) is 3.15. The van der Waals surface area contributed by atoms with E-state index in [0.29, 0.717) is 5.52 Å². The molecule has 0 spiro atoms. The Labute approximate surface area is 83.6 Å². The number of hydrogen-bond acceptors (Lipinski definition) is 5. The van der Waals surface area contributed by atoms with Crippen molar-refractivity contribution in [3.8, 4) is 0 Å². The number of aromatic nitrogens is 2. The third-order valence-corrected chi connectivity index (χ3v) is 2.69. The van der Waals surface area contributed by atoms with E-state index in [0.717, 1.165) is 16.2 Å². The summed E-state index contributed by atoms with van der Waals surface area (Å²) < 4.78 is 36.1. The minimum absolute atomic E-state index is 0.221. The van der Waals surface area contributed by atoms with Gasteiger partial charge in [0.25, 0.3) is 0 Å². The fraction of sp³-hybridized carbons (Fsp3) is 0. The molecular weight excluding hydrogens is 226 g/mol. The van der Waals surface area contributed by atoms with Crippen LogP contribution >= 0.6 is 11.5 Å². The quantitative estimate of drug-likeness (QED) is 0.749. The highest BCUT2D eigenvalue weighted by Gasteiger charge is 2.09. The number of fused-ring (bicyclic) bond motifs is 1. The molecule has 74 valence electrons. The molecule has 0 amide bonds. The van der Waals surface area contributed by atoms with Gasteiger partial charge in [0.1, 0.15) is 5.52 Å². The van der Waals surface area contributed by atoms with Crippen molar-refractivity contribution in [3.05, 3.63) is 18.2 Å². The van der Waals surface area contributed by atoms with Crippen LogP contribution in [-0.4, -0.2) is 22.6 Å². The first-order valence-electron chi connectivity index (χ1n) is 3.52. The van der Waals surface area contributed by atoms with E-state index in [1.54, 1.807) is 12.1 Å². The Morgan fingerprint density at radius 1 is 1.43 bits per heavy atom. The topological polar surface area (TPSA) is 92.2 Å². The van der Waals surface area contributed by atoms with Crippen molar-refractivity contribution in [3.63, 3.8) is 0 Å². The van der Waals surface area contributed by atoms with Gasteiger partial charge < -0.3 is 0 Å². The summed E-state index contributed by atoms with van der Waals surface area (Å²) in [5, 5.41) is 3.73. The predicted molar refractivity (Wildman–Crippen MR) is 52.6 cm³/mol. The van der Waals surface area contributed by atoms with Gasteiger partial charge in [-0.15, -0.1) is 5.10 Å². The molecule has 2 N–H and O–H groups in total. The van der Waals surface area contributed by atoms with Gasteiger partial charge in [-0.05, 0) is 23.7 Å². The summed E-state index contributed by atoms with van der Waals surface area (Å²) >= 11 is 1.15. The molecule has 0 fully saturated rings. The molecule has 2 aromatic rings. The third-order valence-electron chi connectivity index (χ3n) is 1.52. The van der Waals surface area contributed by atoms with Crippen LogP contribution in [0.1, 0.15) is 0 Å². The van der Waals surface area contributed by atoms with Gasteiger partial charge in [-0.2, -0.15) is 8.42 Å². The summed E-state index contributed by atoms with van der Waals surface area (Å²) in [4.78, 5) is 0. The monoisotopic (exact) mass is 231 g/mol. The van der Waals surface area contributed by atoms with Crippen LogP contribution < -0.4 is 4.72 Å². The number of rotatable bonds is 2. The molecule has 1 aromatic heterocycles. The maximum Gasteiger partial charge on any atom is 0.357 e. The van der Waals surface area contributed by atoms with Crippen molar-refractivity contribution in [2.75, 3.05) is 4.72 Å². The number of anilines is 1. The summed E-state index contributed by atoms with van der Waals surface area (Å²) in [6, 6.07) is 4.91. The van der Waals surface area contributed by atoms with Crippen molar-refractivity contribution in [2.24, 2.45) is 0 Å². The van der Waals surface area contributed by atoms with E-state index in [1.807, 2.05) is 4.72 Å². The highest BCUT2D eigenvalue weighted by atomic mass is 32.2. The third kappa shape index (κ3) is 1.81. The van der Waals surface area contributed by atoms with Gasteiger partial charge in [0.15, 0.2) is 0 Å². The Kier molecular flexibility index (Phi) is 2.10. The highest BCUT2D eigenvalue weighted by Crippen LogP contribution is 2.23. The molecule has 0 aliphatic rings. The minimum atomic E-state index is -4.26. The molecule has 0 bridgehead atoms. The molecule has 0 unspecified atom stereocenters. The van der Waals surface area contributed by atoms with Crippen LogP contribution in [0.4, 0.5) is 5.69 Å². The maximum absolute atomic E-state index is 10.6. The lowest BCUT2D eigenvalue weighted by Crippen LogP contribution is -2.10. The fourth-order valence-electron chi connectivity index (χ4n) is 1.03. The summed E-state index contributed by atoms with van der Waals surface area (Å²) in [7, 11) is -4.26. The zero-order valence-electron chi connectivity index (χ0n) is 6.71. The van der Waals surface area contributed by atoms with Crippen LogP contribution in [-0.2, 0) is 10.3 Å². The molecule has 0 saturated carbocycles. The lowest BCUT2D eigenvalue weighted by Gasteiger charge is -2.01. The molecule has 14 heavy (non-hydrogen) atoms. The average Bonchev–Trinajstić information content (AvgIpc) is 2.49. The summed E-state index contributed by atoms with van der Waals surface area (Å²) in [5.74, 6) is 0. The Hall–Kier alpha value is -1.25. The lowest BCUT2D eigenvalue weighted by molar-refractivity contribution is 0.490. The smallest absolute Gasteiger partial charge is 0.269 e. The zero-order valence-corrected chi connectivity index (χ0v) is 8.34. The molecule has 0 aliphatic heterocycles. The SMILES string of the molecule is O=S(=O)(O)Nc1cccc2snnc12. The van der Waals surface area contributed by atoms with Crippen LogP contribution in [0.3, 0.4) is 0 Å². The van der Waals surface area contributed by atoms with Gasteiger partial charge in [-0.3, -0.25) is 9.27 Å². The van der Waals surface area contributed by atoms with E-state index in [-0.39, 0.29) is 5.69 Å². The van der Waals surface area contributed by atoms with Crippen LogP contribution in [0.25, 0.3) is 10.2 Å². The normalized spacial score (nSPS) is 11.8. The van der Waals surface area contributed by atoms with Crippen molar-refractivity contribution >= 4 is 37.7 Å². The van der Waals surface area contributed by atoms with E-state index in [1.165, 1.54) is 6.07 Å². The van der Waals surface area contributed by atoms with Crippen molar-refractivity contribution in [2.45, 2.75) is 0 Å². The minimum Gasteiger partial charge on any atom is -0.269 e. The lowest BCUT2D eigenvalue weighted by atomic mass is 10.3. The molecule has 0 atom stereocenters. The van der Waals surface area contributed by atoms with E-state index in [4.69, 9.17) is 4.55 Å². The van der Waals surface area contributed by atoms with Crippen molar-refractivity contribution < 1.29 is 13.0 Å². The van der Waals surface area contributed by atoms with Gasteiger partial charge in [-0.1, -0.05) is 10.6 Å². The number of nitrogens with zero attached hydrogens (tertiary/aromatic N) is 2. The van der Waals surface area contributed by atoms with E-state index in [2.05, 4.69) is 9.59 Å². The van der Waals surface area contributed by atoms with Crippen LogP contribution in [0.2, 0.25) is 0 Å². The molecule has 0 aliphatic carbocycles. The zero-order chi connectivity index (χ0) is 10.2. The predicted octanol–water partition coefficient (Wildman–Crippen LogP) is 0.906. The van der Waals surface area contributed by atoms with Crippen LogP contribution in [0.5, 0.6) is 0 Å². The standard InChI is InChI=1S/C6H5N3O3S2/c10-14(11,12)8-4-2-1-3-5-6(4)7-9-13-5/h1-3,8H,(H,10,11,12). The number of nitrogens with one attached hydrogen (secondary N) is 1.